The van der Waals surface area contributed by atoms with E-state index in [1.54, 1.807) is 12.1 Å². The maximum Gasteiger partial charge on any atom is 0.343 e. The van der Waals surface area contributed by atoms with Crippen molar-refractivity contribution in [3.63, 3.8) is 0 Å². The van der Waals surface area contributed by atoms with Gasteiger partial charge in [-0.2, -0.15) is 10.5 Å². The van der Waals surface area contributed by atoms with Crippen molar-refractivity contribution < 1.29 is 18.9 Å². The van der Waals surface area contributed by atoms with Crippen LogP contribution in [-0.2, 0) is 9.47 Å². The summed E-state index contributed by atoms with van der Waals surface area (Å²) in [5.74, 6) is -2.35. The number of halogens is 1. The maximum absolute atomic E-state index is 13.6. The Morgan fingerprint density at radius 2 is 2.00 bits per heavy atom. The van der Waals surface area contributed by atoms with E-state index in [4.69, 9.17) is 15.2 Å². The first kappa shape index (κ1) is 13.2. The second-order valence-electron chi connectivity index (χ2n) is 5.68. The maximum atomic E-state index is 13.6. The van der Waals surface area contributed by atoms with Crippen LogP contribution in [0.25, 0.3) is 0 Å². The molecule has 6 nitrogen and oxygen atoms in total. The summed E-state index contributed by atoms with van der Waals surface area (Å²) in [7, 11) is 0. The highest BCUT2D eigenvalue weighted by atomic mass is 19.1. The van der Waals surface area contributed by atoms with Gasteiger partial charge in [0.1, 0.15) is 5.82 Å². The molecule has 0 aromatic heterocycles. The Balaban J connectivity index is 1.94. The van der Waals surface area contributed by atoms with Crippen LogP contribution in [0.15, 0.2) is 24.3 Å². The predicted octanol–water partition coefficient (Wildman–Crippen LogP) is -0.905. The van der Waals surface area contributed by atoms with Gasteiger partial charge in [0, 0.05) is 5.92 Å². The van der Waals surface area contributed by atoms with Gasteiger partial charge in [-0.25, -0.2) is 9.38 Å². The van der Waals surface area contributed by atoms with Gasteiger partial charge in [-0.05, 0) is 17.7 Å². The molecule has 3 atom stereocenters. The first-order valence-corrected chi connectivity index (χ1v) is 6.85. The third-order valence-electron chi connectivity index (χ3n) is 4.88. The zero-order valence-electron chi connectivity index (χ0n) is 11.5. The molecule has 2 heterocycles. The first-order chi connectivity index (χ1) is 10.6. The van der Waals surface area contributed by atoms with Crippen molar-refractivity contribution in [1.29, 1.82) is 10.5 Å². The van der Waals surface area contributed by atoms with Crippen LogP contribution in [0.2, 0.25) is 0 Å². The number of benzene rings is 1. The number of nitrogens with one attached hydrogen (secondary N) is 1. The van der Waals surface area contributed by atoms with Crippen molar-refractivity contribution in [3.8, 4) is 12.1 Å². The Morgan fingerprint density at radius 1 is 1.27 bits per heavy atom. The van der Waals surface area contributed by atoms with Crippen LogP contribution < -0.4 is 10.7 Å². The highest BCUT2D eigenvalue weighted by molar-refractivity contribution is 5.95. The number of nitrogens with zero attached hydrogens (tertiary/aromatic N) is 2. The highest BCUT2D eigenvalue weighted by Crippen LogP contribution is 2.78. The van der Waals surface area contributed by atoms with Gasteiger partial charge in [-0.1, -0.05) is 12.1 Å². The molecule has 22 heavy (non-hydrogen) atoms. The van der Waals surface area contributed by atoms with E-state index in [9.17, 15) is 14.9 Å². The topological polar surface area (TPSA) is 106 Å². The molecule has 2 fully saturated rings. The molecule has 1 spiro atoms. The number of ether oxygens (including phenoxy) is 2. The van der Waals surface area contributed by atoms with E-state index in [1.807, 2.05) is 0 Å². The average molecular weight is 299 g/mol. The van der Waals surface area contributed by atoms with Gasteiger partial charge < -0.3 is 9.47 Å². The minimum absolute atomic E-state index is 0.132. The van der Waals surface area contributed by atoms with Crippen molar-refractivity contribution in [2.45, 2.75) is 11.8 Å². The summed E-state index contributed by atoms with van der Waals surface area (Å²) in [6.45, 7) is 0.585. The first-order valence-electron chi connectivity index (χ1n) is 6.85. The minimum Gasteiger partial charge on any atom is -0.311 e. The lowest BCUT2D eigenvalue weighted by Gasteiger charge is -2.23. The number of amidine groups is 1. The number of fused-ring (bicyclic) bond motifs is 2. The molecule has 1 aromatic carbocycles. The fourth-order valence-corrected chi connectivity index (χ4v) is 4.00. The van der Waals surface area contributed by atoms with Gasteiger partial charge in [-0.15, -0.1) is 0 Å². The zero-order chi connectivity index (χ0) is 15.6. The van der Waals surface area contributed by atoms with Crippen molar-refractivity contribution in [2.75, 3.05) is 13.2 Å². The normalized spacial score (nSPS) is 37.2. The average Bonchev–Trinajstić information content (AvgIpc) is 2.77. The fraction of sp³-hybridized carbons (Fsp3) is 0.400. The molecule has 2 aliphatic heterocycles. The molecule has 4 rings (SSSR count). The Bertz CT molecular complexity index is 789. The lowest BCUT2D eigenvalue weighted by molar-refractivity contribution is -0.676. The summed E-state index contributed by atoms with van der Waals surface area (Å²) in [5, 5.41) is 19.6. The summed E-state index contributed by atoms with van der Waals surface area (Å²) in [4.78, 5) is 2.84. The van der Waals surface area contributed by atoms with E-state index in [1.165, 1.54) is 12.1 Å². The van der Waals surface area contributed by atoms with Crippen LogP contribution in [0, 0.1) is 39.3 Å². The van der Waals surface area contributed by atoms with Crippen LogP contribution in [0.1, 0.15) is 11.5 Å². The van der Waals surface area contributed by atoms with Gasteiger partial charge in [0.15, 0.2) is 10.8 Å². The Morgan fingerprint density at radius 3 is 2.59 bits per heavy atom. The molecular weight excluding hydrogens is 287 g/mol. The fourth-order valence-electron chi connectivity index (χ4n) is 4.00. The van der Waals surface area contributed by atoms with Crippen LogP contribution in [-0.4, -0.2) is 25.0 Å². The minimum atomic E-state index is -1.45. The van der Waals surface area contributed by atoms with Crippen molar-refractivity contribution in [1.82, 2.24) is 0 Å². The number of nitrogens with two attached hydrogens (primary N) is 1. The van der Waals surface area contributed by atoms with E-state index in [2.05, 4.69) is 17.1 Å². The number of nitriles is 2. The molecule has 110 valence electrons. The van der Waals surface area contributed by atoms with Gasteiger partial charge in [0.25, 0.3) is 5.84 Å². The summed E-state index contributed by atoms with van der Waals surface area (Å²) < 4.78 is 24.8. The highest BCUT2D eigenvalue weighted by Gasteiger charge is 2.97. The number of rotatable bonds is 1. The zero-order valence-corrected chi connectivity index (χ0v) is 11.5. The molecular formula is C15H12FN4O2+. The Labute approximate surface area is 125 Å². The van der Waals surface area contributed by atoms with Gasteiger partial charge in [-0.3, -0.25) is 5.73 Å². The van der Waals surface area contributed by atoms with E-state index in [0.717, 1.165) is 0 Å². The second kappa shape index (κ2) is 3.83. The second-order valence-corrected chi connectivity index (χ2v) is 5.68. The molecule has 1 aliphatic carbocycles. The SMILES string of the molecule is N#C[C@@]12C(N)=[NH+]C3(OCCO3)[C@]1(C#N)[C@H]2c1cccc(F)c1. The van der Waals surface area contributed by atoms with E-state index < -0.39 is 28.5 Å². The Hall–Kier alpha value is -2.48. The monoisotopic (exact) mass is 299 g/mol. The van der Waals surface area contributed by atoms with Crippen molar-refractivity contribution in [2.24, 2.45) is 16.6 Å². The van der Waals surface area contributed by atoms with E-state index >= 15 is 0 Å². The molecule has 7 heteroatoms. The standard InChI is InChI=1S/C15H11FN4O2/c16-10-3-1-2-9(6-10)11-13(7-17)12(19)20-15(14(11,13)8-18)21-4-5-22-15/h1-3,6,11H,4-5H2,(H2,19,20)/p+1/t11-,13+,14+/m0/s1. The molecule has 1 aromatic rings. The molecule has 0 bridgehead atoms. The number of hydrogen-bond acceptors (Lipinski definition) is 5. The van der Waals surface area contributed by atoms with Gasteiger partial charge in [0.2, 0.25) is 0 Å². The lowest BCUT2D eigenvalue weighted by Crippen LogP contribution is -2.89. The molecule has 3 N–H and O–H groups in total. The molecule has 3 aliphatic rings. The van der Waals surface area contributed by atoms with Crippen molar-refractivity contribution in [3.05, 3.63) is 35.6 Å². The van der Waals surface area contributed by atoms with Crippen molar-refractivity contribution >= 4 is 5.84 Å². The lowest BCUT2D eigenvalue weighted by atomic mass is 9.94. The van der Waals surface area contributed by atoms with E-state index in [-0.39, 0.29) is 5.84 Å². The van der Waals surface area contributed by atoms with Crippen LogP contribution >= 0.6 is 0 Å². The van der Waals surface area contributed by atoms with Gasteiger partial charge in [0.05, 0.1) is 25.4 Å². The molecule has 1 saturated carbocycles. The molecule has 0 radical (unpaired) electrons. The van der Waals surface area contributed by atoms with E-state index in [0.29, 0.717) is 18.8 Å². The van der Waals surface area contributed by atoms with Gasteiger partial charge >= 0.3 is 5.91 Å². The van der Waals surface area contributed by atoms with Crippen LogP contribution in [0.4, 0.5) is 4.39 Å². The summed E-state index contributed by atoms with van der Waals surface area (Å²) in [5.41, 5.74) is 3.94. The molecule has 1 saturated heterocycles. The smallest absolute Gasteiger partial charge is 0.311 e. The largest absolute Gasteiger partial charge is 0.343 e. The summed E-state index contributed by atoms with van der Waals surface area (Å²) in [6.07, 6.45) is 0. The molecule has 0 unspecified atom stereocenters. The summed E-state index contributed by atoms with van der Waals surface area (Å²) >= 11 is 0. The number of hydrogen-bond donors (Lipinski definition) is 2. The third-order valence-corrected chi connectivity index (χ3v) is 4.88. The third kappa shape index (κ3) is 1.11. The Kier molecular flexibility index (Phi) is 2.30. The quantitative estimate of drug-likeness (QED) is 0.698. The molecule has 0 amide bonds. The summed E-state index contributed by atoms with van der Waals surface area (Å²) in [6, 6.07) is 10.2. The predicted molar refractivity (Wildman–Crippen MR) is 70.0 cm³/mol. The van der Waals surface area contributed by atoms with Crippen LogP contribution in [0.5, 0.6) is 0 Å². The van der Waals surface area contributed by atoms with Crippen LogP contribution in [0.3, 0.4) is 0 Å².